The Morgan fingerprint density at radius 3 is 1.71 bits per heavy atom. The van der Waals surface area contributed by atoms with E-state index in [0.29, 0.717) is 19.5 Å². The summed E-state index contributed by atoms with van der Waals surface area (Å²) in [6, 6.07) is 0. The third-order valence-corrected chi connectivity index (χ3v) is 4.48. The summed E-state index contributed by atoms with van der Waals surface area (Å²) in [4.78, 5) is 0. The highest BCUT2D eigenvalue weighted by molar-refractivity contribution is 4.90. The maximum atomic E-state index is 6.07. The topological polar surface area (TPSA) is 79.7 Å². The molecule has 0 rings (SSSR count). The van der Waals surface area contributed by atoms with Gasteiger partial charge in [-0.1, -0.05) is 45.4 Å². The van der Waals surface area contributed by atoms with E-state index in [4.69, 9.17) is 25.7 Å². The van der Waals surface area contributed by atoms with Gasteiger partial charge in [0.1, 0.15) is 0 Å². The second-order valence-electron chi connectivity index (χ2n) is 5.71. The van der Waals surface area contributed by atoms with E-state index in [0.717, 1.165) is 12.8 Å². The van der Waals surface area contributed by atoms with Crippen molar-refractivity contribution in [2.45, 2.75) is 64.3 Å². The maximum Gasteiger partial charge on any atom is 0.289 e. The normalized spacial score (nSPS) is 15.1. The van der Waals surface area contributed by atoms with Crippen LogP contribution in [0.25, 0.3) is 0 Å². The Morgan fingerprint density at radius 2 is 1.29 bits per heavy atom. The fourth-order valence-corrected chi connectivity index (χ4v) is 3.18. The Kier molecular flexibility index (Phi) is 11.3. The molecule has 0 saturated carbocycles. The van der Waals surface area contributed by atoms with Gasteiger partial charge in [0.15, 0.2) is 0 Å². The Hall–Kier alpha value is -0.200. The molecule has 21 heavy (non-hydrogen) atoms. The van der Waals surface area contributed by atoms with Crippen LogP contribution in [0.1, 0.15) is 58.3 Å². The summed E-state index contributed by atoms with van der Waals surface area (Å²) >= 11 is 0. The molecule has 0 aromatic heterocycles. The number of ether oxygens (including phenoxy) is 3. The van der Waals surface area contributed by atoms with Crippen molar-refractivity contribution in [3.05, 3.63) is 0 Å². The van der Waals surface area contributed by atoms with Crippen molar-refractivity contribution in [2.75, 3.05) is 34.4 Å². The van der Waals surface area contributed by atoms with E-state index in [9.17, 15) is 0 Å². The molecule has 1 atom stereocenters. The first-order valence-corrected chi connectivity index (χ1v) is 8.17. The molecule has 0 aromatic carbocycles. The minimum atomic E-state index is -1.12. The molecule has 128 valence electrons. The maximum absolute atomic E-state index is 6.07. The lowest BCUT2D eigenvalue weighted by atomic mass is 9.76. The van der Waals surface area contributed by atoms with Crippen LogP contribution >= 0.6 is 0 Å². The molecule has 0 heterocycles. The van der Waals surface area contributed by atoms with Crippen LogP contribution in [0.15, 0.2) is 0 Å². The van der Waals surface area contributed by atoms with Crippen LogP contribution in [0, 0.1) is 5.41 Å². The molecule has 0 saturated heterocycles. The van der Waals surface area contributed by atoms with Crippen LogP contribution in [0.4, 0.5) is 0 Å². The number of hydrogen-bond donors (Lipinski definition) is 2. The van der Waals surface area contributed by atoms with Crippen molar-refractivity contribution >= 4 is 0 Å². The van der Waals surface area contributed by atoms with Crippen molar-refractivity contribution < 1.29 is 14.2 Å². The number of methoxy groups -OCH3 is 3. The van der Waals surface area contributed by atoms with Crippen LogP contribution in [0.5, 0.6) is 0 Å². The lowest BCUT2D eigenvalue weighted by molar-refractivity contribution is -0.407. The highest BCUT2D eigenvalue weighted by Gasteiger charge is 2.52. The van der Waals surface area contributed by atoms with Gasteiger partial charge >= 0.3 is 0 Å². The molecule has 5 heteroatoms. The molecule has 0 aliphatic carbocycles. The first-order valence-electron chi connectivity index (χ1n) is 8.17. The van der Waals surface area contributed by atoms with Crippen LogP contribution < -0.4 is 11.5 Å². The molecule has 5 nitrogen and oxygen atoms in total. The second-order valence-corrected chi connectivity index (χ2v) is 5.71. The van der Waals surface area contributed by atoms with E-state index < -0.39 is 11.4 Å². The van der Waals surface area contributed by atoms with Gasteiger partial charge in [-0.3, -0.25) is 0 Å². The van der Waals surface area contributed by atoms with Gasteiger partial charge in [-0.15, -0.1) is 0 Å². The van der Waals surface area contributed by atoms with Gasteiger partial charge in [0.25, 0.3) is 5.97 Å². The van der Waals surface area contributed by atoms with Crippen molar-refractivity contribution in [2.24, 2.45) is 16.9 Å². The standard InChI is InChI=1S/C16H36N2O3/c1-5-6-7-8-9-10-11-15(14-18,12-13-17)16(19-2,20-3)21-4/h5-14,17-18H2,1-4H3. The number of unbranched alkanes of at least 4 members (excludes halogenated alkanes) is 5. The fraction of sp³-hybridized carbons (Fsp3) is 1.00. The first kappa shape index (κ1) is 20.8. The average molecular weight is 304 g/mol. The molecule has 0 spiro atoms. The Labute approximate surface area is 130 Å². The Bertz CT molecular complexity index is 239. The molecular weight excluding hydrogens is 268 g/mol. The van der Waals surface area contributed by atoms with Gasteiger partial charge < -0.3 is 25.7 Å². The predicted octanol–water partition coefficient (Wildman–Crippen LogP) is 2.62. The summed E-state index contributed by atoms with van der Waals surface area (Å²) in [5, 5.41) is 0. The molecule has 0 aliphatic rings. The summed E-state index contributed by atoms with van der Waals surface area (Å²) in [6.07, 6.45) is 9.02. The Morgan fingerprint density at radius 1 is 0.762 bits per heavy atom. The van der Waals surface area contributed by atoms with Gasteiger partial charge in [-0.2, -0.15) is 0 Å². The van der Waals surface area contributed by atoms with Crippen LogP contribution in [0.3, 0.4) is 0 Å². The molecule has 0 radical (unpaired) electrons. The van der Waals surface area contributed by atoms with Gasteiger partial charge in [0.05, 0.1) is 5.41 Å². The van der Waals surface area contributed by atoms with Gasteiger partial charge in [-0.25, -0.2) is 0 Å². The summed E-state index contributed by atoms with van der Waals surface area (Å²) < 4.78 is 16.7. The van der Waals surface area contributed by atoms with E-state index in [1.54, 1.807) is 21.3 Å². The molecule has 0 amide bonds. The highest BCUT2D eigenvalue weighted by Crippen LogP contribution is 2.42. The van der Waals surface area contributed by atoms with E-state index in [2.05, 4.69) is 6.92 Å². The molecule has 0 fully saturated rings. The minimum absolute atomic E-state index is 0.412. The summed E-state index contributed by atoms with van der Waals surface area (Å²) in [6.45, 7) is 3.18. The molecule has 0 aromatic rings. The van der Waals surface area contributed by atoms with Crippen LogP contribution in [-0.4, -0.2) is 40.4 Å². The number of nitrogens with two attached hydrogens (primary N) is 2. The number of rotatable bonds is 14. The molecular formula is C16H36N2O3. The van der Waals surface area contributed by atoms with Crippen LogP contribution in [0.2, 0.25) is 0 Å². The molecule has 4 N–H and O–H groups in total. The molecule has 0 bridgehead atoms. The zero-order chi connectivity index (χ0) is 16.2. The van der Waals surface area contributed by atoms with E-state index in [1.165, 1.54) is 32.1 Å². The lowest BCUT2D eigenvalue weighted by Gasteiger charge is -2.46. The largest absolute Gasteiger partial charge is 0.330 e. The third kappa shape index (κ3) is 5.49. The number of hydrogen-bond acceptors (Lipinski definition) is 5. The Balaban J connectivity index is 4.74. The summed E-state index contributed by atoms with van der Waals surface area (Å²) in [7, 11) is 4.78. The minimum Gasteiger partial charge on any atom is -0.330 e. The van der Waals surface area contributed by atoms with Gasteiger partial charge in [0.2, 0.25) is 0 Å². The smallest absolute Gasteiger partial charge is 0.289 e. The quantitative estimate of drug-likeness (QED) is 0.381. The average Bonchev–Trinajstić information content (AvgIpc) is 2.52. The van der Waals surface area contributed by atoms with Gasteiger partial charge in [-0.05, 0) is 19.4 Å². The van der Waals surface area contributed by atoms with Crippen molar-refractivity contribution in [1.82, 2.24) is 0 Å². The summed E-state index contributed by atoms with van der Waals surface area (Å²) in [5.41, 5.74) is 11.5. The van der Waals surface area contributed by atoms with E-state index in [1.807, 2.05) is 0 Å². The highest BCUT2D eigenvalue weighted by atomic mass is 16.9. The molecule has 0 aliphatic heterocycles. The van der Waals surface area contributed by atoms with E-state index in [-0.39, 0.29) is 0 Å². The molecule has 1 unspecified atom stereocenters. The first-order chi connectivity index (χ1) is 10.1. The SMILES string of the molecule is CCCCCCCCC(CN)(CCN)C(OC)(OC)OC. The predicted molar refractivity (Wildman–Crippen MR) is 86.9 cm³/mol. The monoisotopic (exact) mass is 304 g/mol. The van der Waals surface area contributed by atoms with Crippen molar-refractivity contribution in [3.63, 3.8) is 0 Å². The fourth-order valence-electron chi connectivity index (χ4n) is 3.18. The zero-order valence-electron chi connectivity index (χ0n) is 14.5. The second kappa shape index (κ2) is 11.4. The zero-order valence-corrected chi connectivity index (χ0v) is 14.5. The van der Waals surface area contributed by atoms with Crippen molar-refractivity contribution in [1.29, 1.82) is 0 Å². The van der Waals surface area contributed by atoms with Crippen molar-refractivity contribution in [3.8, 4) is 0 Å². The van der Waals surface area contributed by atoms with E-state index >= 15 is 0 Å². The lowest BCUT2D eigenvalue weighted by Crippen LogP contribution is -2.57. The van der Waals surface area contributed by atoms with Crippen LogP contribution in [-0.2, 0) is 14.2 Å². The third-order valence-electron chi connectivity index (χ3n) is 4.48. The summed E-state index contributed by atoms with van der Waals surface area (Å²) in [5.74, 6) is -1.12. The van der Waals surface area contributed by atoms with Gasteiger partial charge in [0, 0.05) is 27.9 Å².